The predicted molar refractivity (Wildman–Crippen MR) is 127 cm³/mol. The minimum Gasteiger partial charge on any atom is -0.495 e. The number of hydrogen-bond acceptors (Lipinski definition) is 4. The Bertz CT molecular complexity index is 1220. The van der Waals surface area contributed by atoms with Gasteiger partial charge < -0.3 is 10.1 Å². The molecule has 1 N–H and O–H groups in total. The average molecular weight is 514 g/mol. The van der Waals surface area contributed by atoms with Crippen molar-refractivity contribution in [2.75, 3.05) is 19.0 Å². The van der Waals surface area contributed by atoms with Gasteiger partial charge >= 0.3 is 0 Å². The molecule has 1 amide bonds. The van der Waals surface area contributed by atoms with Crippen LogP contribution in [-0.4, -0.2) is 32.3 Å². The topological polar surface area (TPSA) is 75.7 Å². The average Bonchev–Trinajstić information content (AvgIpc) is 2.77. The zero-order chi connectivity index (χ0) is 23.3. The number of amides is 1. The minimum atomic E-state index is -4.17. The summed E-state index contributed by atoms with van der Waals surface area (Å²) in [6.07, 6.45) is 0. The van der Waals surface area contributed by atoms with Gasteiger partial charge in [-0.3, -0.25) is 4.79 Å². The van der Waals surface area contributed by atoms with Gasteiger partial charge in [0.2, 0.25) is 15.9 Å². The Labute approximate surface area is 201 Å². The first kappa shape index (κ1) is 24.4. The fourth-order valence-electron chi connectivity index (χ4n) is 2.95. The SMILES string of the molecule is COc1ccc(Cl)cc1S(=O)(=O)N(CC(=O)Nc1cccc(Cl)c1Cl)Cc1ccccc1. The van der Waals surface area contributed by atoms with Gasteiger partial charge in [0.05, 0.1) is 29.4 Å². The van der Waals surface area contributed by atoms with Crippen LogP contribution in [0.2, 0.25) is 15.1 Å². The Morgan fingerprint density at radius 1 is 1.00 bits per heavy atom. The molecule has 0 heterocycles. The van der Waals surface area contributed by atoms with Gasteiger partial charge in [0.25, 0.3) is 0 Å². The molecular weight excluding hydrogens is 495 g/mol. The molecule has 6 nitrogen and oxygen atoms in total. The molecule has 0 bridgehead atoms. The van der Waals surface area contributed by atoms with Crippen LogP contribution < -0.4 is 10.1 Å². The molecule has 10 heteroatoms. The summed E-state index contributed by atoms with van der Waals surface area (Å²) in [4.78, 5) is 12.7. The lowest BCUT2D eigenvalue weighted by molar-refractivity contribution is -0.116. The fourth-order valence-corrected chi connectivity index (χ4v) is 5.10. The van der Waals surface area contributed by atoms with Crippen LogP contribution >= 0.6 is 34.8 Å². The van der Waals surface area contributed by atoms with Crippen LogP contribution in [0.1, 0.15) is 5.56 Å². The van der Waals surface area contributed by atoms with Crippen LogP contribution in [-0.2, 0) is 21.4 Å². The molecule has 0 spiro atoms. The van der Waals surface area contributed by atoms with Crippen LogP contribution in [0, 0.1) is 0 Å². The van der Waals surface area contributed by atoms with E-state index in [0.717, 1.165) is 4.31 Å². The molecule has 0 saturated carbocycles. The number of halogens is 3. The van der Waals surface area contributed by atoms with E-state index in [1.807, 2.05) is 6.07 Å². The van der Waals surface area contributed by atoms with Gasteiger partial charge in [-0.05, 0) is 35.9 Å². The highest BCUT2D eigenvalue weighted by Gasteiger charge is 2.30. The summed E-state index contributed by atoms with van der Waals surface area (Å²) < 4.78 is 33.3. The quantitative estimate of drug-likeness (QED) is 0.432. The molecule has 3 aromatic carbocycles. The molecule has 0 radical (unpaired) electrons. The van der Waals surface area contributed by atoms with E-state index in [9.17, 15) is 13.2 Å². The third-order valence-corrected chi connectivity index (χ3v) is 7.36. The molecule has 168 valence electrons. The largest absolute Gasteiger partial charge is 0.495 e. The first-order chi connectivity index (χ1) is 15.2. The van der Waals surface area contributed by atoms with Crippen molar-refractivity contribution in [2.24, 2.45) is 0 Å². The van der Waals surface area contributed by atoms with Crippen molar-refractivity contribution in [2.45, 2.75) is 11.4 Å². The number of nitrogens with one attached hydrogen (secondary N) is 1. The number of sulfonamides is 1. The molecule has 3 aromatic rings. The van der Waals surface area contributed by atoms with Gasteiger partial charge in [-0.25, -0.2) is 8.42 Å². The van der Waals surface area contributed by atoms with Crippen molar-refractivity contribution in [1.82, 2.24) is 4.31 Å². The first-order valence-electron chi connectivity index (χ1n) is 9.34. The van der Waals surface area contributed by atoms with Crippen LogP contribution in [0.25, 0.3) is 0 Å². The summed E-state index contributed by atoms with van der Waals surface area (Å²) in [5.74, 6) is -0.472. The summed E-state index contributed by atoms with van der Waals surface area (Å²) in [6.45, 7) is -0.523. The number of methoxy groups -OCH3 is 1. The van der Waals surface area contributed by atoms with Gasteiger partial charge in [-0.1, -0.05) is 71.2 Å². The van der Waals surface area contributed by atoms with Gasteiger partial charge in [-0.15, -0.1) is 0 Å². The van der Waals surface area contributed by atoms with E-state index in [1.54, 1.807) is 42.5 Å². The van der Waals surface area contributed by atoms with E-state index in [0.29, 0.717) is 5.56 Å². The van der Waals surface area contributed by atoms with E-state index in [2.05, 4.69) is 5.32 Å². The minimum absolute atomic E-state index is 0.0461. The number of hydrogen-bond donors (Lipinski definition) is 1. The summed E-state index contributed by atoms with van der Waals surface area (Å²) in [5, 5.41) is 3.26. The summed E-state index contributed by atoms with van der Waals surface area (Å²) in [6, 6.07) is 18.0. The van der Waals surface area contributed by atoms with Crippen molar-refractivity contribution >= 4 is 56.4 Å². The van der Waals surface area contributed by atoms with Crippen LogP contribution in [0.4, 0.5) is 5.69 Å². The molecule has 0 unspecified atom stereocenters. The zero-order valence-electron chi connectivity index (χ0n) is 16.9. The Morgan fingerprint density at radius 2 is 1.72 bits per heavy atom. The van der Waals surface area contributed by atoms with Gasteiger partial charge in [-0.2, -0.15) is 4.31 Å². The second kappa shape index (κ2) is 10.6. The highest BCUT2D eigenvalue weighted by Crippen LogP contribution is 2.31. The number of benzene rings is 3. The third-order valence-electron chi connectivity index (χ3n) is 4.49. The Kier molecular flexibility index (Phi) is 8.03. The fraction of sp³-hybridized carbons (Fsp3) is 0.136. The van der Waals surface area contributed by atoms with Gasteiger partial charge in [0, 0.05) is 11.6 Å². The summed E-state index contributed by atoms with van der Waals surface area (Å²) in [5.41, 5.74) is 0.979. The molecular formula is C22H19Cl3N2O4S. The standard InChI is InChI=1S/C22H19Cl3N2O4S/c1-31-19-11-10-16(23)12-20(19)32(29,30)27(13-15-6-3-2-4-7-15)14-21(28)26-18-9-5-8-17(24)22(18)25/h2-12H,13-14H2,1H3,(H,26,28). The molecule has 0 atom stereocenters. The molecule has 0 saturated heterocycles. The predicted octanol–water partition coefficient (Wildman–Crippen LogP) is 5.49. The molecule has 0 aliphatic rings. The smallest absolute Gasteiger partial charge is 0.247 e. The lowest BCUT2D eigenvalue weighted by atomic mass is 10.2. The second-order valence-corrected chi connectivity index (χ2v) is 9.83. The van der Waals surface area contributed by atoms with Crippen LogP contribution in [0.3, 0.4) is 0 Å². The van der Waals surface area contributed by atoms with Crippen LogP contribution in [0.15, 0.2) is 71.6 Å². The molecule has 0 aliphatic carbocycles. The summed E-state index contributed by atoms with van der Waals surface area (Å²) in [7, 11) is -2.81. The summed E-state index contributed by atoms with van der Waals surface area (Å²) >= 11 is 18.2. The highest BCUT2D eigenvalue weighted by molar-refractivity contribution is 7.89. The van der Waals surface area contributed by atoms with E-state index >= 15 is 0 Å². The number of rotatable bonds is 8. The number of nitrogens with zero attached hydrogens (tertiary/aromatic N) is 1. The Balaban J connectivity index is 1.96. The molecule has 0 aliphatic heterocycles. The number of ether oxygens (including phenoxy) is 1. The maximum atomic E-state index is 13.5. The third kappa shape index (κ3) is 5.74. The highest BCUT2D eigenvalue weighted by atomic mass is 35.5. The van der Waals surface area contributed by atoms with Gasteiger partial charge in [0.15, 0.2) is 0 Å². The van der Waals surface area contributed by atoms with Crippen molar-refractivity contribution < 1.29 is 17.9 Å². The van der Waals surface area contributed by atoms with E-state index in [-0.39, 0.29) is 37.9 Å². The lowest BCUT2D eigenvalue weighted by Gasteiger charge is -2.23. The Morgan fingerprint density at radius 3 is 2.41 bits per heavy atom. The van der Waals surface area contributed by atoms with Crippen molar-refractivity contribution in [1.29, 1.82) is 0 Å². The zero-order valence-corrected chi connectivity index (χ0v) is 20.0. The molecule has 32 heavy (non-hydrogen) atoms. The number of anilines is 1. The maximum absolute atomic E-state index is 13.5. The molecule has 3 rings (SSSR count). The number of carbonyl (C=O) groups is 1. The van der Waals surface area contributed by atoms with E-state index < -0.39 is 22.5 Å². The normalized spacial score (nSPS) is 11.4. The van der Waals surface area contributed by atoms with Crippen LogP contribution in [0.5, 0.6) is 5.75 Å². The monoisotopic (exact) mass is 512 g/mol. The second-order valence-electron chi connectivity index (χ2n) is 6.70. The number of carbonyl (C=O) groups excluding carboxylic acids is 1. The maximum Gasteiger partial charge on any atom is 0.247 e. The van der Waals surface area contributed by atoms with Crippen molar-refractivity contribution in [3.8, 4) is 5.75 Å². The molecule has 0 fully saturated rings. The lowest BCUT2D eigenvalue weighted by Crippen LogP contribution is -2.37. The van der Waals surface area contributed by atoms with E-state index in [4.69, 9.17) is 39.5 Å². The van der Waals surface area contributed by atoms with E-state index in [1.165, 1.54) is 25.3 Å². The van der Waals surface area contributed by atoms with Crippen molar-refractivity contribution in [3.63, 3.8) is 0 Å². The molecule has 0 aromatic heterocycles. The Hall–Kier alpha value is -2.29. The first-order valence-corrected chi connectivity index (χ1v) is 11.9. The van der Waals surface area contributed by atoms with Crippen molar-refractivity contribution in [3.05, 3.63) is 87.4 Å². The van der Waals surface area contributed by atoms with Gasteiger partial charge in [0.1, 0.15) is 10.6 Å².